The van der Waals surface area contributed by atoms with E-state index in [4.69, 9.17) is 9.84 Å². The van der Waals surface area contributed by atoms with E-state index >= 15 is 0 Å². The number of amides is 1. The van der Waals surface area contributed by atoms with Crippen molar-refractivity contribution in [3.63, 3.8) is 0 Å². The van der Waals surface area contributed by atoms with Gasteiger partial charge in [-0.1, -0.05) is 6.07 Å². The molecule has 108 valence electrons. The van der Waals surface area contributed by atoms with E-state index in [2.05, 4.69) is 5.32 Å². The number of carbonyl (C=O) groups excluding carboxylic acids is 1. The highest BCUT2D eigenvalue weighted by Gasteiger charge is 2.36. The van der Waals surface area contributed by atoms with E-state index in [0.29, 0.717) is 11.3 Å². The van der Waals surface area contributed by atoms with Crippen LogP contribution in [0.25, 0.3) is 0 Å². The average Bonchev–Trinajstić information content (AvgIpc) is 3.17. The number of carboxylic acids is 1. The zero-order valence-corrected chi connectivity index (χ0v) is 11.9. The smallest absolute Gasteiger partial charge is 0.336 e. The molecule has 0 radical (unpaired) electrons. The fourth-order valence-electron chi connectivity index (χ4n) is 2.33. The molecule has 1 aliphatic rings. The molecule has 0 saturated heterocycles. The number of hydrogen-bond donors (Lipinski definition) is 2. The van der Waals surface area contributed by atoms with Gasteiger partial charge in [0.15, 0.2) is 0 Å². The number of methoxy groups -OCH3 is 1. The van der Waals surface area contributed by atoms with Gasteiger partial charge in [0, 0.05) is 12.8 Å². The van der Waals surface area contributed by atoms with Gasteiger partial charge in [0.2, 0.25) is 0 Å². The lowest BCUT2D eigenvalue weighted by Crippen LogP contribution is -2.31. The Bertz CT molecular complexity index is 549. The van der Waals surface area contributed by atoms with E-state index in [-0.39, 0.29) is 17.4 Å². The van der Waals surface area contributed by atoms with Crippen LogP contribution in [0, 0.1) is 19.8 Å². The van der Waals surface area contributed by atoms with Crippen molar-refractivity contribution in [1.29, 1.82) is 0 Å². The highest BCUT2D eigenvalue weighted by Crippen LogP contribution is 2.34. The van der Waals surface area contributed by atoms with Crippen molar-refractivity contribution in [2.24, 2.45) is 5.92 Å². The number of anilines is 1. The van der Waals surface area contributed by atoms with Gasteiger partial charge in [-0.2, -0.15) is 0 Å². The van der Waals surface area contributed by atoms with E-state index in [9.17, 15) is 9.59 Å². The van der Waals surface area contributed by atoms with Gasteiger partial charge in [-0.3, -0.25) is 4.79 Å². The Morgan fingerprint density at radius 2 is 1.95 bits per heavy atom. The molecule has 20 heavy (non-hydrogen) atoms. The second-order valence-corrected chi connectivity index (χ2v) is 5.27. The average molecular weight is 277 g/mol. The van der Waals surface area contributed by atoms with E-state index in [0.717, 1.165) is 18.4 Å². The highest BCUT2D eigenvalue weighted by molar-refractivity contribution is 5.97. The molecular weight excluding hydrogens is 258 g/mol. The van der Waals surface area contributed by atoms with Crippen LogP contribution < -0.4 is 5.32 Å². The van der Waals surface area contributed by atoms with Gasteiger partial charge < -0.3 is 15.2 Å². The van der Waals surface area contributed by atoms with Crippen LogP contribution in [-0.4, -0.2) is 30.2 Å². The zero-order valence-electron chi connectivity index (χ0n) is 11.9. The molecule has 5 heteroatoms. The number of carbonyl (C=O) groups is 2. The van der Waals surface area contributed by atoms with Gasteiger partial charge in [0.25, 0.3) is 5.91 Å². The fourth-order valence-corrected chi connectivity index (χ4v) is 2.33. The van der Waals surface area contributed by atoms with Crippen molar-refractivity contribution in [1.82, 2.24) is 0 Å². The summed E-state index contributed by atoms with van der Waals surface area (Å²) in [7, 11) is 1.52. The van der Waals surface area contributed by atoms with Crippen LogP contribution in [0.5, 0.6) is 0 Å². The molecule has 0 spiro atoms. The Morgan fingerprint density at radius 3 is 2.45 bits per heavy atom. The number of nitrogens with one attached hydrogen (secondary N) is 1. The van der Waals surface area contributed by atoms with E-state index in [1.165, 1.54) is 13.2 Å². The molecule has 1 saturated carbocycles. The van der Waals surface area contributed by atoms with Crippen LogP contribution in [0.4, 0.5) is 5.69 Å². The topological polar surface area (TPSA) is 75.6 Å². The number of carboxylic acid groups (broad SMARTS) is 1. The Hall–Kier alpha value is -1.88. The summed E-state index contributed by atoms with van der Waals surface area (Å²) in [6.07, 6.45) is 1.54. The quantitative estimate of drug-likeness (QED) is 0.866. The first-order valence-corrected chi connectivity index (χ1v) is 6.62. The molecule has 1 fully saturated rings. The SMILES string of the molecule is COC(C(=O)Nc1cc(C(=O)O)c(C)cc1C)C1CC1. The Balaban J connectivity index is 2.22. The first kappa shape index (κ1) is 14.5. The van der Waals surface area contributed by atoms with Crippen molar-refractivity contribution < 1.29 is 19.4 Å². The lowest BCUT2D eigenvalue weighted by molar-refractivity contribution is -0.126. The molecule has 5 nitrogen and oxygen atoms in total. The second-order valence-electron chi connectivity index (χ2n) is 5.27. The van der Waals surface area contributed by atoms with E-state index in [1.54, 1.807) is 13.0 Å². The van der Waals surface area contributed by atoms with Crippen molar-refractivity contribution in [2.45, 2.75) is 32.8 Å². The number of ether oxygens (including phenoxy) is 1. The molecule has 0 aromatic heterocycles. The first-order chi connectivity index (χ1) is 9.43. The zero-order chi connectivity index (χ0) is 14.9. The molecule has 2 rings (SSSR count). The molecule has 1 aromatic rings. The van der Waals surface area contributed by atoms with Crippen molar-refractivity contribution in [2.75, 3.05) is 12.4 Å². The second kappa shape index (κ2) is 5.63. The largest absolute Gasteiger partial charge is 0.478 e. The number of rotatable bonds is 5. The van der Waals surface area contributed by atoms with Crippen LogP contribution in [-0.2, 0) is 9.53 Å². The van der Waals surface area contributed by atoms with Crippen LogP contribution in [0.1, 0.15) is 34.3 Å². The van der Waals surface area contributed by atoms with E-state index < -0.39 is 12.1 Å². The maximum absolute atomic E-state index is 12.2. The summed E-state index contributed by atoms with van der Waals surface area (Å²) in [5, 5.41) is 11.9. The standard InChI is InChI=1S/C15H19NO4/c1-8-6-9(2)12(7-11(8)15(18)19)16-14(17)13(20-3)10-4-5-10/h6-7,10,13H,4-5H2,1-3H3,(H,16,17)(H,18,19). The van der Waals surface area contributed by atoms with Gasteiger partial charge in [-0.15, -0.1) is 0 Å². The van der Waals surface area contributed by atoms with Crippen LogP contribution in [0.2, 0.25) is 0 Å². The molecule has 1 aromatic carbocycles. The molecular formula is C15H19NO4. The minimum Gasteiger partial charge on any atom is -0.478 e. The van der Waals surface area contributed by atoms with Crippen LogP contribution in [0.15, 0.2) is 12.1 Å². The predicted octanol–water partition coefficient (Wildman–Crippen LogP) is 2.37. The van der Waals surface area contributed by atoms with Crippen molar-refractivity contribution in [3.8, 4) is 0 Å². The third kappa shape index (κ3) is 2.99. The summed E-state index contributed by atoms with van der Waals surface area (Å²) in [5.41, 5.74) is 2.25. The fraction of sp³-hybridized carbons (Fsp3) is 0.467. The number of aryl methyl sites for hydroxylation is 2. The summed E-state index contributed by atoms with van der Waals surface area (Å²) >= 11 is 0. The maximum atomic E-state index is 12.2. The summed E-state index contributed by atoms with van der Waals surface area (Å²) in [6, 6.07) is 3.27. The normalized spacial score (nSPS) is 15.8. The highest BCUT2D eigenvalue weighted by atomic mass is 16.5. The molecule has 0 bridgehead atoms. The molecule has 1 atom stereocenters. The minimum atomic E-state index is -0.997. The van der Waals surface area contributed by atoms with Crippen LogP contribution >= 0.6 is 0 Å². The first-order valence-electron chi connectivity index (χ1n) is 6.62. The van der Waals surface area contributed by atoms with Gasteiger partial charge in [0.1, 0.15) is 6.10 Å². The summed E-state index contributed by atoms with van der Waals surface area (Å²) in [5.74, 6) is -0.925. The van der Waals surface area contributed by atoms with Crippen molar-refractivity contribution in [3.05, 3.63) is 28.8 Å². The molecule has 0 heterocycles. The molecule has 1 unspecified atom stereocenters. The monoisotopic (exact) mass is 277 g/mol. The van der Waals surface area contributed by atoms with Gasteiger partial charge in [-0.25, -0.2) is 4.79 Å². The molecule has 1 aliphatic carbocycles. The Morgan fingerprint density at radius 1 is 1.30 bits per heavy atom. The number of benzene rings is 1. The predicted molar refractivity (Wildman–Crippen MR) is 75.0 cm³/mol. The lowest BCUT2D eigenvalue weighted by atomic mass is 10.0. The molecule has 2 N–H and O–H groups in total. The number of hydrogen-bond acceptors (Lipinski definition) is 3. The third-order valence-corrected chi connectivity index (χ3v) is 3.62. The third-order valence-electron chi connectivity index (χ3n) is 3.62. The summed E-state index contributed by atoms with van der Waals surface area (Å²) in [6.45, 7) is 3.58. The maximum Gasteiger partial charge on any atom is 0.336 e. The van der Waals surface area contributed by atoms with Gasteiger partial charge >= 0.3 is 5.97 Å². The Labute approximate surface area is 117 Å². The summed E-state index contributed by atoms with van der Waals surface area (Å²) in [4.78, 5) is 23.3. The number of aromatic carboxylic acids is 1. The van der Waals surface area contributed by atoms with Crippen LogP contribution in [0.3, 0.4) is 0 Å². The Kier molecular flexibility index (Phi) is 4.09. The lowest BCUT2D eigenvalue weighted by Gasteiger charge is -2.16. The molecule has 0 aliphatic heterocycles. The van der Waals surface area contributed by atoms with Gasteiger partial charge in [0.05, 0.1) is 5.56 Å². The molecule has 1 amide bonds. The minimum absolute atomic E-state index is 0.200. The van der Waals surface area contributed by atoms with Gasteiger partial charge in [-0.05, 0) is 49.8 Å². The summed E-state index contributed by atoms with van der Waals surface area (Å²) < 4.78 is 5.22. The van der Waals surface area contributed by atoms with E-state index in [1.807, 2.05) is 6.92 Å². The van der Waals surface area contributed by atoms with Crippen molar-refractivity contribution >= 4 is 17.6 Å².